The van der Waals surface area contributed by atoms with Gasteiger partial charge in [0.25, 0.3) is 0 Å². The van der Waals surface area contributed by atoms with Crippen LogP contribution < -0.4 is 0 Å². The summed E-state index contributed by atoms with van der Waals surface area (Å²) >= 11 is 0. The van der Waals surface area contributed by atoms with Crippen LogP contribution in [0.25, 0.3) is 0 Å². The predicted molar refractivity (Wildman–Crippen MR) is 92.5 cm³/mol. The largest absolute Gasteiger partial charge is 0.502 e. The standard InChI is InChI=1S/C17H36O3Si/c1-9-14-21(18-15(6)10-2,19-16(7)11-3)20-17(8,12-4)13-5/h12,15-16H,4,9-11,13-14H2,1-3,5-8H3. The van der Waals surface area contributed by atoms with Gasteiger partial charge in [-0.2, -0.15) is 0 Å². The quantitative estimate of drug-likeness (QED) is 0.359. The highest BCUT2D eigenvalue weighted by Gasteiger charge is 2.47. The molecule has 0 aromatic heterocycles. The first-order valence-electron chi connectivity index (χ1n) is 8.49. The molecule has 0 aliphatic heterocycles. The summed E-state index contributed by atoms with van der Waals surface area (Å²) in [6.45, 7) is 18.7. The van der Waals surface area contributed by atoms with Crippen molar-refractivity contribution in [3.8, 4) is 0 Å². The SMILES string of the molecule is C=CC(C)(CC)O[Si](CCC)(OC(C)CC)OC(C)CC. The molecule has 0 aliphatic rings. The normalized spacial score (nSPS) is 20.3. The fourth-order valence-corrected chi connectivity index (χ4v) is 5.54. The number of rotatable bonds is 12. The molecule has 0 radical (unpaired) electrons. The van der Waals surface area contributed by atoms with Gasteiger partial charge in [-0.05, 0) is 40.0 Å². The van der Waals surface area contributed by atoms with Crippen molar-refractivity contribution in [1.29, 1.82) is 0 Å². The van der Waals surface area contributed by atoms with E-state index in [0.717, 1.165) is 31.7 Å². The second kappa shape index (κ2) is 9.77. The van der Waals surface area contributed by atoms with E-state index in [4.69, 9.17) is 13.3 Å². The molecular weight excluding hydrogens is 280 g/mol. The molecular formula is C17H36O3Si. The minimum atomic E-state index is -2.71. The smallest absolute Gasteiger partial charge is 0.371 e. The molecule has 0 rings (SSSR count). The first kappa shape index (κ1) is 20.8. The number of hydrogen-bond acceptors (Lipinski definition) is 3. The van der Waals surface area contributed by atoms with Crippen molar-refractivity contribution in [2.45, 2.75) is 98.0 Å². The van der Waals surface area contributed by atoms with Crippen molar-refractivity contribution in [2.75, 3.05) is 0 Å². The molecule has 0 saturated carbocycles. The van der Waals surface area contributed by atoms with E-state index in [0.29, 0.717) is 0 Å². The summed E-state index contributed by atoms with van der Waals surface area (Å²) in [6.07, 6.45) is 5.96. The molecule has 3 unspecified atom stereocenters. The Morgan fingerprint density at radius 3 is 1.81 bits per heavy atom. The molecule has 126 valence electrons. The average Bonchev–Trinajstić information content (AvgIpc) is 2.46. The van der Waals surface area contributed by atoms with Gasteiger partial charge in [-0.1, -0.05) is 40.2 Å². The maximum atomic E-state index is 6.49. The molecule has 0 N–H and O–H groups in total. The van der Waals surface area contributed by atoms with Crippen LogP contribution in [0.3, 0.4) is 0 Å². The Balaban J connectivity index is 5.37. The summed E-state index contributed by atoms with van der Waals surface area (Å²) in [7, 11) is -2.71. The second-order valence-corrected chi connectivity index (χ2v) is 8.62. The Morgan fingerprint density at radius 2 is 1.52 bits per heavy atom. The van der Waals surface area contributed by atoms with E-state index in [1.807, 2.05) is 6.08 Å². The monoisotopic (exact) mass is 316 g/mol. The first-order valence-corrected chi connectivity index (χ1v) is 10.4. The van der Waals surface area contributed by atoms with Gasteiger partial charge >= 0.3 is 8.80 Å². The fourth-order valence-electron chi connectivity index (χ4n) is 1.94. The Bertz CT molecular complexity index is 284. The van der Waals surface area contributed by atoms with Crippen LogP contribution in [0.4, 0.5) is 0 Å². The summed E-state index contributed by atoms with van der Waals surface area (Å²) in [5.41, 5.74) is -0.387. The summed E-state index contributed by atoms with van der Waals surface area (Å²) in [4.78, 5) is 0. The lowest BCUT2D eigenvalue weighted by molar-refractivity contribution is -0.0340. The van der Waals surface area contributed by atoms with Crippen molar-refractivity contribution in [3.05, 3.63) is 12.7 Å². The maximum Gasteiger partial charge on any atom is 0.502 e. The summed E-state index contributed by atoms with van der Waals surface area (Å²) in [5.74, 6) is 0. The van der Waals surface area contributed by atoms with Crippen molar-refractivity contribution < 1.29 is 13.3 Å². The minimum Gasteiger partial charge on any atom is -0.371 e. The Morgan fingerprint density at radius 1 is 1.05 bits per heavy atom. The van der Waals surface area contributed by atoms with Crippen molar-refractivity contribution >= 4 is 8.80 Å². The zero-order chi connectivity index (χ0) is 16.5. The van der Waals surface area contributed by atoms with Crippen LogP contribution in [0.1, 0.15) is 74.1 Å². The van der Waals surface area contributed by atoms with E-state index in [1.54, 1.807) is 0 Å². The highest BCUT2D eigenvalue weighted by atomic mass is 28.4. The van der Waals surface area contributed by atoms with Gasteiger partial charge in [0.15, 0.2) is 0 Å². The molecule has 3 nitrogen and oxygen atoms in total. The Labute approximate surface area is 133 Å². The van der Waals surface area contributed by atoms with Gasteiger partial charge < -0.3 is 13.3 Å². The lowest BCUT2D eigenvalue weighted by atomic mass is 10.1. The van der Waals surface area contributed by atoms with Gasteiger partial charge in [-0.3, -0.25) is 0 Å². The molecule has 0 bridgehead atoms. The summed E-state index contributed by atoms with van der Waals surface area (Å²) in [5, 5.41) is 0. The molecule has 0 amide bonds. The van der Waals surface area contributed by atoms with Gasteiger partial charge in [-0.15, -0.1) is 6.58 Å². The molecule has 0 saturated heterocycles. The maximum absolute atomic E-state index is 6.49. The van der Waals surface area contributed by atoms with E-state index >= 15 is 0 Å². The molecule has 0 fully saturated rings. The highest BCUT2D eigenvalue weighted by molar-refractivity contribution is 6.61. The van der Waals surface area contributed by atoms with Crippen LogP contribution in [0, 0.1) is 0 Å². The van der Waals surface area contributed by atoms with E-state index in [2.05, 4.69) is 55.0 Å². The van der Waals surface area contributed by atoms with Gasteiger partial charge in [0.2, 0.25) is 0 Å². The molecule has 0 aliphatic carbocycles. The van der Waals surface area contributed by atoms with Gasteiger partial charge in [0.1, 0.15) is 0 Å². The van der Waals surface area contributed by atoms with Crippen molar-refractivity contribution in [2.24, 2.45) is 0 Å². The van der Waals surface area contributed by atoms with Crippen molar-refractivity contribution in [3.63, 3.8) is 0 Å². The molecule has 0 aromatic rings. The van der Waals surface area contributed by atoms with Crippen LogP contribution in [0.15, 0.2) is 12.7 Å². The predicted octanol–water partition coefficient (Wildman–Crippen LogP) is 5.34. The third-order valence-corrected chi connectivity index (χ3v) is 7.40. The second-order valence-electron chi connectivity index (χ2n) is 6.08. The number of hydrogen-bond donors (Lipinski definition) is 0. The van der Waals surface area contributed by atoms with Gasteiger partial charge in [0, 0.05) is 18.3 Å². The molecule has 4 heteroatoms. The molecule has 21 heavy (non-hydrogen) atoms. The van der Waals surface area contributed by atoms with Crippen LogP contribution in [-0.2, 0) is 13.3 Å². The third kappa shape index (κ3) is 7.09. The van der Waals surface area contributed by atoms with Crippen LogP contribution in [0.2, 0.25) is 6.04 Å². The summed E-state index contributed by atoms with van der Waals surface area (Å²) < 4.78 is 19.2. The zero-order valence-corrected chi connectivity index (χ0v) is 16.2. The first-order chi connectivity index (χ1) is 9.80. The van der Waals surface area contributed by atoms with E-state index in [-0.39, 0.29) is 17.8 Å². The Hall–Kier alpha value is -0.163. The average molecular weight is 317 g/mol. The third-order valence-electron chi connectivity index (χ3n) is 3.99. The van der Waals surface area contributed by atoms with Crippen LogP contribution in [-0.4, -0.2) is 26.6 Å². The molecule has 0 aromatic carbocycles. The van der Waals surface area contributed by atoms with Crippen LogP contribution >= 0.6 is 0 Å². The van der Waals surface area contributed by atoms with E-state index < -0.39 is 8.80 Å². The minimum absolute atomic E-state index is 0.151. The lowest BCUT2D eigenvalue weighted by Crippen LogP contribution is -2.54. The molecule has 0 heterocycles. The topological polar surface area (TPSA) is 27.7 Å². The highest BCUT2D eigenvalue weighted by Crippen LogP contribution is 2.30. The van der Waals surface area contributed by atoms with Gasteiger partial charge in [-0.25, -0.2) is 0 Å². The fraction of sp³-hybridized carbons (Fsp3) is 0.882. The van der Waals surface area contributed by atoms with E-state index in [9.17, 15) is 0 Å². The molecule has 0 spiro atoms. The lowest BCUT2D eigenvalue weighted by Gasteiger charge is -2.40. The summed E-state index contributed by atoms with van der Waals surface area (Å²) in [6, 6.07) is 0.852. The Kier molecular flexibility index (Phi) is 9.70. The van der Waals surface area contributed by atoms with E-state index in [1.165, 1.54) is 0 Å². The molecule has 3 atom stereocenters. The van der Waals surface area contributed by atoms with Crippen molar-refractivity contribution in [1.82, 2.24) is 0 Å². The van der Waals surface area contributed by atoms with Crippen LogP contribution in [0.5, 0.6) is 0 Å². The zero-order valence-electron chi connectivity index (χ0n) is 15.2. The van der Waals surface area contributed by atoms with Gasteiger partial charge in [0.05, 0.1) is 5.60 Å².